The zero-order valence-corrected chi connectivity index (χ0v) is 7.67. The van der Waals surface area contributed by atoms with Crippen LogP contribution in [0.5, 0.6) is 0 Å². The van der Waals surface area contributed by atoms with Crippen LogP contribution in [0.15, 0.2) is 24.3 Å². The SMILES string of the molecule is Cc1ccccc1CC(Cl)C#N. The van der Waals surface area contributed by atoms with Crippen molar-refractivity contribution < 1.29 is 0 Å². The highest BCUT2D eigenvalue weighted by atomic mass is 35.5. The van der Waals surface area contributed by atoms with Crippen LogP contribution < -0.4 is 0 Å². The molecule has 0 saturated heterocycles. The second-order valence-corrected chi connectivity index (χ2v) is 3.25. The van der Waals surface area contributed by atoms with Gasteiger partial charge in [-0.05, 0) is 18.1 Å². The normalized spacial score (nSPS) is 12.1. The maximum absolute atomic E-state index is 8.51. The van der Waals surface area contributed by atoms with Gasteiger partial charge in [0.1, 0.15) is 5.38 Å². The van der Waals surface area contributed by atoms with Crippen LogP contribution in [0, 0.1) is 18.3 Å². The number of aryl methyl sites for hydroxylation is 1. The molecule has 12 heavy (non-hydrogen) atoms. The first kappa shape index (κ1) is 9.09. The smallest absolute Gasteiger partial charge is 0.124 e. The molecule has 0 bridgehead atoms. The van der Waals surface area contributed by atoms with Crippen LogP contribution in [0.3, 0.4) is 0 Å². The average molecular weight is 180 g/mol. The van der Waals surface area contributed by atoms with Gasteiger partial charge in [0.2, 0.25) is 0 Å². The van der Waals surface area contributed by atoms with Crippen LogP contribution in [-0.4, -0.2) is 5.38 Å². The zero-order chi connectivity index (χ0) is 8.97. The van der Waals surface area contributed by atoms with E-state index < -0.39 is 5.38 Å². The van der Waals surface area contributed by atoms with Crippen molar-refractivity contribution in [1.82, 2.24) is 0 Å². The Kier molecular flexibility index (Phi) is 3.13. The fraction of sp³-hybridized carbons (Fsp3) is 0.300. The molecule has 62 valence electrons. The number of nitrogens with zero attached hydrogens (tertiary/aromatic N) is 1. The predicted molar refractivity (Wildman–Crippen MR) is 50.1 cm³/mol. The monoisotopic (exact) mass is 179 g/mol. The summed E-state index contributed by atoms with van der Waals surface area (Å²) in [5, 5.41) is 8.09. The third kappa shape index (κ3) is 2.25. The third-order valence-corrected chi connectivity index (χ3v) is 2.05. The summed E-state index contributed by atoms with van der Waals surface area (Å²) in [4.78, 5) is 0. The van der Waals surface area contributed by atoms with Crippen LogP contribution >= 0.6 is 11.6 Å². The Morgan fingerprint density at radius 2 is 2.17 bits per heavy atom. The number of benzene rings is 1. The third-order valence-electron chi connectivity index (χ3n) is 1.80. The summed E-state index contributed by atoms with van der Waals surface area (Å²) < 4.78 is 0. The number of hydrogen-bond donors (Lipinski definition) is 0. The quantitative estimate of drug-likeness (QED) is 0.641. The van der Waals surface area contributed by atoms with Crippen LogP contribution in [-0.2, 0) is 6.42 Å². The molecule has 0 aromatic heterocycles. The van der Waals surface area contributed by atoms with Gasteiger partial charge in [-0.2, -0.15) is 5.26 Å². The van der Waals surface area contributed by atoms with Crippen molar-refractivity contribution in [2.45, 2.75) is 18.7 Å². The number of rotatable bonds is 2. The van der Waals surface area contributed by atoms with Gasteiger partial charge in [0.25, 0.3) is 0 Å². The molecule has 1 aromatic rings. The lowest BCUT2D eigenvalue weighted by molar-refractivity contribution is 1.00. The molecule has 0 amide bonds. The molecule has 0 saturated carbocycles. The number of alkyl halides is 1. The van der Waals surface area contributed by atoms with E-state index in [0.717, 1.165) is 5.56 Å². The molecule has 0 aliphatic heterocycles. The first-order valence-electron chi connectivity index (χ1n) is 3.82. The first-order chi connectivity index (χ1) is 5.74. The second-order valence-electron chi connectivity index (χ2n) is 2.73. The minimum Gasteiger partial charge on any atom is -0.197 e. The van der Waals surface area contributed by atoms with Crippen LogP contribution in [0.25, 0.3) is 0 Å². The van der Waals surface area contributed by atoms with E-state index in [9.17, 15) is 0 Å². The van der Waals surface area contributed by atoms with E-state index in [1.54, 1.807) is 0 Å². The van der Waals surface area contributed by atoms with Crippen molar-refractivity contribution in [3.8, 4) is 6.07 Å². The highest BCUT2D eigenvalue weighted by molar-refractivity contribution is 6.22. The van der Waals surface area contributed by atoms with Crippen molar-refractivity contribution in [2.75, 3.05) is 0 Å². The van der Waals surface area contributed by atoms with Gasteiger partial charge in [-0.15, -0.1) is 11.6 Å². The molecule has 0 aliphatic rings. The van der Waals surface area contributed by atoms with E-state index in [2.05, 4.69) is 0 Å². The molecule has 2 heteroatoms. The van der Waals surface area contributed by atoms with Crippen molar-refractivity contribution in [2.24, 2.45) is 0 Å². The Morgan fingerprint density at radius 1 is 1.50 bits per heavy atom. The van der Waals surface area contributed by atoms with E-state index in [-0.39, 0.29) is 0 Å². The second kappa shape index (κ2) is 4.13. The maximum atomic E-state index is 8.51. The Balaban J connectivity index is 2.77. The summed E-state index contributed by atoms with van der Waals surface area (Å²) in [5.41, 5.74) is 2.34. The van der Waals surface area contributed by atoms with Gasteiger partial charge in [0.15, 0.2) is 0 Å². The van der Waals surface area contributed by atoms with Crippen LogP contribution in [0.4, 0.5) is 0 Å². The number of hydrogen-bond acceptors (Lipinski definition) is 1. The fourth-order valence-corrected chi connectivity index (χ4v) is 1.24. The lowest BCUT2D eigenvalue weighted by Gasteiger charge is -2.04. The van der Waals surface area contributed by atoms with E-state index in [0.29, 0.717) is 6.42 Å². The maximum Gasteiger partial charge on any atom is 0.124 e. The molecule has 1 rings (SSSR count). The van der Waals surface area contributed by atoms with Crippen molar-refractivity contribution in [3.63, 3.8) is 0 Å². The van der Waals surface area contributed by atoms with Gasteiger partial charge in [0.05, 0.1) is 6.07 Å². The molecular weight excluding hydrogens is 170 g/mol. The average Bonchev–Trinajstić information content (AvgIpc) is 2.09. The summed E-state index contributed by atoms with van der Waals surface area (Å²) in [6.45, 7) is 2.02. The van der Waals surface area contributed by atoms with E-state index in [1.165, 1.54) is 5.56 Å². The van der Waals surface area contributed by atoms with E-state index >= 15 is 0 Å². The van der Waals surface area contributed by atoms with Crippen molar-refractivity contribution in [1.29, 1.82) is 5.26 Å². The number of nitriles is 1. The molecule has 1 atom stereocenters. The summed E-state index contributed by atoms with van der Waals surface area (Å²) in [6, 6.07) is 9.97. The molecule has 0 spiro atoms. The van der Waals surface area contributed by atoms with Gasteiger partial charge >= 0.3 is 0 Å². The van der Waals surface area contributed by atoms with Crippen LogP contribution in [0.1, 0.15) is 11.1 Å². The van der Waals surface area contributed by atoms with Gasteiger partial charge in [-0.1, -0.05) is 24.3 Å². The van der Waals surface area contributed by atoms with Gasteiger partial charge in [-0.25, -0.2) is 0 Å². The molecule has 1 nitrogen and oxygen atoms in total. The fourth-order valence-electron chi connectivity index (χ4n) is 1.08. The zero-order valence-electron chi connectivity index (χ0n) is 6.92. The Morgan fingerprint density at radius 3 is 2.75 bits per heavy atom. The lowest BCUT2D eigenvalue weighted by Crippen LogP contribution is -2.00. The highest BCUT2D eigenvalue weighted by Gasteiger charge is 2.04. The topological polar surface area (TPSA) is 23.8 Å². The van der Waals surface area contributed by atoms with Gasteiger partial charge < -0.3 is 0 Å². The minimum atomic E-state index is -0.411. The summed E-state index contributed by atoms with van der Waals surface area (Å²) >= 11 is 5.71. The van der Waals surface area contributed by atoms with Crippen molar-refractivity contribution in [3.05, 3.63) is 35.4 Å². The lowest BCUT2D eigenvalue weighted by atomic mass is 10.0. The van der Waals surface area contributed by atoms with Gasteiger partial charge in [0, 0.05) is 6.42 Å². The Hall–Kier alpha value is -1.00. The highest BCUT2D eigenvalue weighted by Crippen LogP contribution is 2.11. The minimum absolute atomic E-state index is 0.411. The molecule has 0 aliphatic carbocycles. The first-order valence-corrected chi connectivity index (χ1v) is 4.26. The molecule has 0 N–H and O–H groups in total. The Labute approximate surface area is 77.6 Å². The van der Waals surface area contributed by atoms with Crippen molar-refractivity contribution >= 4 is 11.6 Å². The predicted octanol–water partition coefficient (Wildman–Crippen LogP) is 2.67. The molecule has 0 radical (unpaired) electrons. The van der Waals surface area contributed by atoms with Crippen LogP contribution in [0.2, 0.25) is 0 Å². The molecule has 1 aromatic carbocycles. The number of halogens is 1. The summed E-state index contributed by atoms with van der Waals surface area (Å²) in [7, 11) is 0. The van der Waals surface area contributed by atoms with E-state index in [4.69, 9.17) is 16.9 Å². The molecule has 1 unspecified atom stereocenters. The summed E-state index contributed by atoms with van der Waals surface area (Å²) in [5.74, 6) is 0. The van der Waals surface area contributed by atoms with E-state index in [1.807, 2.05) is 37.3 Å². The summed E-state index contributed by atoms with van der Waals surface area (Å²) in [6.07, 6.45) is 0.630. The molecule has 0 heterocycles. The van der Waals surface area contributed by atoms with Gasteiger partial charge in [-0.3, -0.25) is 0 Å². The molecule has 0 fully saturated rings. The standard InChI is InChI=1S/C10H10ClN/c1-8-4-2-3-5-9(8)6-10(11)7-12/h2-5,10H,6H2,1H3. The largest absolute Gasteiger partial charge is 0.197 e. The molecular formula is C10H10ClN. The Bertz CT molecular complexity index is 301.